The van der Waals surface area contributed by atoms with Gasteiger partial charge < -0.3 is 0 Å². The first-order valence-corrected chi connectivity index (χ1v) is 6.72. The highest BCUT2D eigenvalue weighted by molar-refractivity contribution is 7.15. The largest absolute Gasteiger partial charge is 0.298 e. The number of amides is 1. The summed E-state index contributed by atoms with van der Waals surface area (Å²) >= 11 is 1.44. The average Bonchev–Trinajstić information content (AvgIpc) is 3.11. The zero-order chi connectivity index (χ0) is 13.9. The van der Waals surface area contributed by atoms with Crippen molar-refractivity contribution in [3.8, 4) is 5.82 Å². The summed E-state index contributed by atoms with van der Waals surface area (Å²) in [7, 11) is 0. The summed E-state index contributed by atoms with van der Waals surface area (Å²) in [5.74, 6) is 0.494. The summed E-state index contributed by atoms with van der Waals surface area (Å²) in [6.07, 6.45) is 8.37. The van der Waals surface area contributed by atoms with Crippen molar-refractivity contribution in [3.05, 3.63) is 53.7 Å². The quantitative estimate of drug-likeness (QED) is 0.801. The van der Waals surface area contributed by atoms with Crippen LogP contribution in [0.4, 0.5) is 5.13 Å². The molecule has 100 valence electrons. The van der Waals surface area contributed by atoms with Crippen LogP contribution in [0.3, 0.4) is 0 Å². The number of imidazole rings is 1. The van der Waals surface area contributed by atoms with Crippen LogP contribution in [0.15, 0.2) is 43.2 Å². The van der Waals surface area contributed by atoms with E-state index in [4.69, 9.17) is 0 Å². The predicted molar refractivity (Wildman–Crippen MR) is 76.2 cm³/mol. The Morgan fingerprint density at radius 2 is 2.20 bits per heavy atom. The van der Waals surface area contributed by atoms with Gasteiger partial charge in [-0.15, -0.1) is 11.3 Å². The molecule has 0 aliphatic heterocycles. The van der Waals surface area contributed by atoms with Gasteiger partial charge in [-0.25, -0.2) is 15.0 Å². The summed E-state index contributed by atoms with van der Waals surface area (Å²) in [6.45, 7) is 1.94. The molecule has 0 aliphatic rings. The number of aryl methyl sites for hydroxylation is 1. The molecule has 0 fully saturated rings. The zero-order valence-corrected chi connectivity index (χ0v) is 11.5. The molecule has 0 saturated heterocycles. The molecule has 0 aliphatic carbocycles. The van der Waals surface area contributed by atoms with E-state index in [1.54, 1.807) is 41.6 Å². The van der Waals surface area contributed by atoms with E-state index in [1.807, 2.05) is 6.92 Å². The number of hydrogen-bond donors (Lipinski definition) is 1. The van der Waals surface area contributed by atoms with Gasteiger partial charge in [0.05, 0.1) is 5.56 Å². The molecule has 3 rings (SSSR count). The van der Waals surface area contributed by atoms with Crippen molar-refractivity contribution >= 4 is 22.4 Å². The van der Waals surface area contributed by atoms with Crippen LogP contribution in [0.2, 0.25) is 0 Å². The maximum atomic E-state index is 12.0. The molecule has 6 nitrogen and oxygen atoms in total. The summed E-state index contributed by atoms with van der Waals surface area (Å²) in [5.41, 5.74) is 0.488. The van der Waals surface area contributed by atoms with Gasteiger partial charge in [-0.2, -0.15) is 0 Å². The summed E-state index contributed by atoms with van der Waals surface area (Å²) < 4.78 is 1.77. The van der Waals surface area contributed by atoms with E-state index in [-0.39, 0.29) is 5.91 Å². The third-order valence-corrected chi connectivity index (χ3v) is 3.45. The van der Waals surface area contributed by atoms with Crippen molar-refractivity contribution in [1.29, 1.82) is 0 Å². The van der Waals surface area contributed by atoms with Crippen LogP contribution in [0, 0.1) is 6.92 Å². The Labute approximate surface area is 119 Å². The van der Waals surface area contributed by atoms with E-state index in [2.05, 4.69) is 20.3 Å². The fourth-order valence-corrected chi connectivity index (χ4v) is 2.31. The maximum absolute atomic E-state index is 12.0. The van der Waals surface area contributed by atoms with E-state index in [9.17, 15) is 4.79 Å². The molecule has 3 heterocycles. The van der Waals surface area contributed by atoms with Gasteiger partial charge in [-0.3, -0.25) is 14.7 Å². The predicted octanol–water partition coefficient (Wildman–Crippen LogP) is 2.28. The van der Waals surface area contributed by atoms with Gasteiger partial charge in [0.15, 0.2) is 5.13 Å². The molecule has 7 heteroatoms. The second-order valence-electron chi connectivity index (χ2n) is 4.11. The fourth-order valence-electron chi connectivity index (χ4n) is 1.65. The molecule has 0 saturated carbocycles. The van der Waals surface area contributed by atoms with Gasteiger partial charge >= 0.3 is 0 Å². The smallest absolute Gasteiger partial charge is 0.259 e. The van der Waals surface area contributed by atoms with Gasteiger partial charge in [0, 0.05) is 29.7 Å². The number of rotatable bonds is 3. The van der Waals surface area contributed by atoms with Crippen LogP contribution < -0.4 is 5.32 Å². The molecule has 0 bridgehead atoms. The Bertz CT molecular complexity index is 718. The Balaban J connectivity index is 1.75. The molecule has 3 aromatic rings. The molecule has 0 atom stereocenters. The van der Waals surface area contributed by atoms with Crippen LogP contribution in [0.5, 0.6) is 0 Å². The van der Waals surface area contributed by atoms with E-state index in [0.717, 1.165) is 4.88 Å². The number of nitrogens with one attached hydrogen (secondary N) is 1. The van der Waals surface area contributed by atoms with Crippen molar-refractivity contribution in [2.45, 2.75) is 6.92 Å². The SMILES string of the molecule is Cc1cnc(NC(=O)c2ccc(-n3ccnc3)nc2)s1. The molecule has 20 heavy (non-hydrogen) atoms. The first-order valence-electron chi connectivity index (χ1n) is 5.90. The summed E-state index contributed by atoms with van der Waals surface area (Å²) in [4.78, 5) is 25.3. The number of carbonyl (C=O) groups excluding carboxylic acids is 1. The monoisotopic (exact) mass is 285 g/mol. The lowest BCUT2D eigenvalue weighted by atomic mass is 10.2. The molecule has 1 N–H and O–H groups in total. The highest BCUT2D eigenvalue weighted by Crippen LogP contribution is 2.17. The zero-order valence-electron chi connectivity index (χ0n) is 10.6. The normalized spacial score (nSPS) is 10.4. The molecule has 0 aromatic carbocycles. The minimum absolute atomic E-state index is 0.218. The third kappa shape index (κ3) is 2.57. The van der Waals surface area contributed by atoms with Crippen LogP contribution >= 0.6 is 11.3 Å². The van der Waals surface area contributed by atoms with Crippen LogP contribution in [-0.4, -0.2) is 25.4 Å². The fraction of sp³-hybridized carbons (Fsp3) is 0.0769. The Kier molecular flexibility index (Phi) is 3.26. The van der Waals surface area contributed by atoms with Gasteiger partial charge in [0.2, 0.25) is 0 Å². The topological polar surface area (TPSA) is 72.7 Å². The second-order valence-corrected chi connectivity index (χ2v) is 5.34. The van der Waals surface area contributed by atoms with E-state index in [0.29, 0.717) is 16.5 Å². The molecular formula is C13H11N5OS. The number of hydrogen-bond acceptors (Lipinski definition) is 5. The Hall–Kier alpha value is -2.54. The average molecular weight is 285 g/mol. The first-order chi connectivity index (χ1) is 9.72. The lowest BCUT2D eigenvalue weighted by Gasteiger charge is -2.03. The number of carbonyl (C=O) groups is 1. The lowest BCUT2D eigenvalue weighted by molar-refractivity contribution is 0.102. The van der Waals surface area contributed by atoms with Crippen molar-refractivity contribution in [2.75, 3.05) is 5.32 Å². The molecular weight excluding hydrogens is 274 g/mol. The van der Waals surface area contributed by atoms with Crippen molar-refractivity contribution < 1.29 is 4.79 Å². The van der Waals surface area contributed by atoms with Gasteiger partial charge in [0.25, 0.3) is 5.91 Å². The van der Waals surface area contributed by atoms with Gasteiger partial charge in [0.1, 0.15) is 12.1 Å². The Morgan fingerprint density at radius 3 is 2.80 bits per heavy atom. The van der Waals surface area contributed by atoms with Crippen LogP contribution in [0.1, 0.15) is 15.2 Å². The molecule has 0 radical (unpaired) electrons. The standard InChI is InChI=1S/C13H11N5OS/c1-9-6-16-13(20-9)17-12(19)10-2-3-11(15-7-10)18-5-4-14-8-18/h2-8H,1H3,(H,16,17,19). The van der Waals surface area contributed by atoms with Crippen LogP contribution in [-0.2, 0) is 0 Å². The number of anilines is 1. The van der Waals surface area contributed by atoms with E-state index in [1.165, 1.54) is 17.5 Å². The lowest BCUT2D eigenvalue weighted by Crippen LogP contribution is -2.12. The number of thiazole rings is 1. The minimum atomic E-state index is -0.218. The highest BCUT2D eigenvalue weighted by atomic mass is 32.1. The Morgan fingerprint density at radius 1 is 1.30 bits per heavy atom. The van der Waals surface area contributed by atoms with Crippen molar-refractivity contribution in [2.24, 2.45) is 0 Å². The minimum Gasteiger partial charge on any atom is -0.298 e. The van der Waals surface area contributed by atoms with Gasteiger partial charge in [-0.1, -0.05) is 0 Å². The van der Waals surface area contributed by atoms with E-state index < -0.39 is 0 Å². The first kappa shape index (κ1) is 12.5. The summed E-state index contributed by atoms with van der Waals surface area (Å²) in [6, 6.07) is 3.49. The van der Waals surface area contributed by atoms with Crippen LogP contribution in [0.25, 0.3) is 5.82 Å². The number of aromatic nitrogens is 4. The number of nitrogens with zero attached hydrogens (tertiary/aromatic N) is 4. The second kappa shape index (κ2) is 5.22. The summed E-state index contributed by atoms with van der Waals surface area (Å²) in [5, 5.41) is 3.33. The van der Waals surface area contributed by atoms with Gasteiger partial charge in [-0.05, 0) is 19.1 Å². The maximum Gasteiger partial charge on any atom is 0.259 e. The molecule has 0 unspecified atom stereocenters. The molecule has 0 spiro atoms. The third-order valence-electron chi connectivity index (χ3n) is 2.62. The van der Waals surface area contributed by atoms with E-state index >= 15 is 0 Å². The number of pyridine rings is 1. The van der Waals surface area contributed by atoms with Crippen molar-refractivity contribution in [1.82, 2.24) is 19.5 Å². The highest BCUT2D eigenvalue weighted by Gasteiger charge is 2.09. The molecule has 3 aromatic heterocycles. The molecule has 1 amide bonds. The van der Waals surface area contributed by atoms with Crippen molar-refractivity contribution in [3.63, 3.8) is 0 Å².